The number of hydrogen-bond acceptors (Lipinski definition) is 4. The number of nitrogens with zero attached hydrogens (tertiary/aromatic N) is 1. The molecule has 0 fully saturated rings. The van der Waals surface area contributed by atoms with Crippen molar-refractivity contribution in [2.75, 3.05) is 17.7 Å². The molecule has 0 unspecified atom stereocenters. The van der Waals surface area contributed by atoms with Crippen LogP contribution in [0.25, 0.3) is 0 Å². The van der Waals surface area contributed by atoms with Crippen molar-refractivity contribution in [2.24, 2.45) is 0 Å². The molecule has 0 saturated heterocycles. The summed E-state index contributed by atoms with van der Waals surface area (Å²) in [6.45, 7) is 5.43. The Balaban J connectivity index is 2.25. The van der Waals surface area contributed by atoms with Gasteiger partial charge in [0, 0.05) is 6.07 Å². The van der Waals surface area contributed by atoms with E-state index in [1.54, 1.807) is 31.2 Å². The molecule has 6 nitrogen and oxygen atoms in total. The maximum absolute atomic E-state index is 12.8. The predicted octanol–water partition coefficient (Wildman–Crippen LogP) is 3.04. The number of ether oxygens (including phenoxy) is 1. The second-order valence-corrected chi connectivity index (χ2v) is 8.44. The van der Waals surface area contributed by atoms with Crippen molar-refractivity contribution in [3.05, 3.63) is 59.7 Å². The molecule has 0 aliphatic rings. The minimum atomic E-state index is -3.68. The summed E-state index contributed by atoms with van der Waals surface area (Å²) in [5, 5.41) is 2.89. The molecule has 1 N–H and O–H groups in total. The summed E-state index contributed by atoms with van der Waals surface area (Å²) < 4.78 is 31.0. The molecular formula is C20H26N2O4S. The van der Waals surface area contributed by atoms with Crippen molar-refractivity contribution in [3.63, 3.8) is 0 Å². The Morgan fingerprint density at radius 2 is 1.74 bits per heavy atom. The number of amides is 1. The molecule has 2 rings (SSSR count). The topological polar surface area (TPSA) is 75.7 Å². The minimum absolute atomic E-state index is 0.243. The summed E-state index contributed by atoms with van der Waals surface area (Å²) in [6, 6.07) is 13.3. The molecule has 7 heteroatoms. The molecule has 0 radical (unpaired) electrons. The maximum Gasteiger partial charge on any atom is 0.244 e. The minimum Gasteiger partial charge on any atom is -0.497 e. The number of nitrogens with one attached hydrogen (secondary N) is 1. The van der Waals surface area contributed by atoms with Crippen LogP contribution in [-0.2, 0) is 14.8 Å². The lowest BCUT2D eigenvalue weighted by Crippen LogP contribution is -2.48. The lowest BCUT2D eigenvalue weighted by molar-refractivity contribution is -0.122. The van der Waals surface area contributed by atoms with Gasteiger partial charge in [-0.05, 0) is 38.5 Å². The third-order valence-corrected chi connectivity index (χ3v) is 5.57. The van der Waals surface area contributed by atoms with E-state index in [9.17, 15) is 13.2 Å². The van der Waals surface area contributed by atoms with Gasteiger partial charge in [-0.25, -0.2) is 8.42 Å². The van der Waals surface area contributed by atoms with Crippen LogP contribution < -0.4 is 14.4 Å². The first-order valence-corrected chi connectivity index (χ1v) is 10.5. The highest BCUT2D eigenvalue weighted by Gasteiger charge is 2.30. The molecule has 146 valence electrons. The Kier molecular flexibility index (Phi) is 6.49. The first-order chi connectivity index (χ1) is 12.6. The standard InChI is InChI=1S/C20H26N2O4S/c1-14-9-11-17(12-10-14)15(2)21-20(23)16(3)22(27(5,24)25)18-7-6-8-19(13-18)26-4/h6-13,15-16H,1-5H3,(H,21,23)/t15-,16+/m1/s1. The fraction of sp³-hybridized carbons (Fsp3) is 0.350. The molecule has 0 aromatic heterocycles. The van der Waals surface area contributed by atoms with Crippen molar-refractivity contribution < 1.29 is 17.9 Å². The molecule has 2 atom stereocenters. The second-order valence-electron chi connectivity index (χ2n) is 6.58. The van der Waals surface area contributed by atoms with Crippen LogP contribution in [-0.4, -0.2) is 33.7 Å². The number of anilines is 1. The van der Waals surface area contributed by atoms with Crippen molar-refractivity contribution in [1.29, 1.82) is 0 Å². The van der Waals surface area contributed by atoms with Gasteiger partial charge in [-0.3, -0.25) is 9.10 Å². The molecule has 1 amide bonds. The van der Waals surface area contributed by atoms with Crippen LogP contribution in [0.2, 0.25) is 0 Å². The number of aryl methyl sites for hydroxylation is 1. The van der Waals surface area contributed by atoms with Gasteiger partial charge >= 0.3 is 0 Å². The molecule has 0 saturated carbocycles. The Bertz CT molecular complexity index is 894. The summed E-state index contributed by atoms with van der Waals surface area (Å²) in [7, 11) is -2.17. The van der Waals surface area contributed by atoms with Gasteiger partial charge in [0.15, 0.2) is 0 Å². The summed E-state index contributed by atoms with van der Waals surface area (Å²) >= 11 is 0. The van der Waals surface area contributed by atoms with Crippen LogP contribution in [0.1, 0.15) is 31.0 Å². The van der Waals surface area contributed by atoms with Crippen molar-refractivity contribution in [2.45, 2.75) is 32.9 Å². The third kappa shape index (κ3) is 5.23. The van der Waals surface area contributed by atoms with E-state index < -0.39 is 16.1 Å². The van der Waals surface area contributed by atoms with Crippen LogP contribution in [0.15, 0.2) is 48.5 Å². The first kappa shape index (κ1) is 20.8. The zero-order valence-electron chi connectivity index (χ0n) is 16.3. The van der Waals surface area contributed by atoms with Gasteiger partial charge in [0.05, 0.1) is 25.1 Å². The fourth-order valence-electron chi connectivity index (χ4n) is 2.83. The van der Waals surface area contributed by atoms with E-state index >= 15 is 0 Å². The van der Waals surface area contributed by atoms with Crippen molar-refractivity contribution >= 4 is 21.6 Å². The highest BCUT2D eigenvalue weighted by molar-refractivity contribution is 7.92. The number of methoxy groups -OCH3 is 1. The van der Waals surface area contributed by atoms with E-state index in [1.807, 2.05) is 38.1 Å². The Morgan fingerprint density at radius 3 is 2.30 bits per heavy atom. The monoisotopic (exact) mass is 390 g/mol. The van der Waals surface area contributed by atoms with E-state index in [2.05, 4.69) is 5.32 Å². The summed E-state index contributed by atoms with van der Waals surface area (Å²) in [6.07, 6.45) is 1.08. The van der Waals surface area contributed by atoms with Crippen LogP contribution in [0.4, 0.5) is 5.69 Å². The summed E-state index contributed by atoms with van der Waals surface area (Å²) in [5.41, 5.74) is 2.46. The smallest absolute Gasteiger partial charge is 0.244 e. The largest absolute Gasteiger partial charge is 0.497 e. The van der Waals surface area contributed by atoms with Crippen molar-refractivity contribution in [3.8, 4) is 5.75 Å². The van der Waals surface area contributed by atoms with E-state index in [1.165, 1.54) is 7.11 Å². The molecule has 2 aromatic rings. The van der Waals surface area contributed by atoms with Gasteiger partial charge in [0.25, 0.3) is 0 Å². The maximum atomic E-state index is 12.8. The zero-order chi connectivity index (χ0) is 20.2. The number of carbonyl (C=O) groups excluding carboxylic acids is 1. The van der Waals surface area contributed by atoms with E-state index in [0.717, 1.165) is 21.7 Å². The van der Waals surface area contributed by atoms with Gasteiger partial charge in [-0.15, -0.1) is 0 Å². The quantitative estimate of drug-likeness (QED) is 0.788. The average molecular weight is 391 g/mol. The van der Waals surface area contributed by atoms with Gasteiger partial charge in [-0.2, -0.15) is 0 Å². The Hall–Kier alpha value is -2.54. The normalized spacial score (nSPS) is 13.5. The second kappa shape index (κ2) is 8.43. The number of benzene rings is 2. The highest BCUT2D eigenvalue weighted by atomic mass is 32.2. The molecule has 0 aliphatic carbocycles. The molecule has 0 aliphatic heterocycles. The zero-order valence-corrected chi connectivity index (χ0v) is 17.1. The molecule has 0 spiro atoms. The third-order valence-electron chi connectivity index (χ3n) is 4.33. The summed E-state index contributed by atoms with van der Waals surface area (Å²) in [5.74, 6) is 0.137. The van der Waals surface area contributed by atoms with Gasteiger partial charge in [-0.1, -0.05) is 35.9 Å². The van der Waals surface area contributed by atoms with Crippen LogP contribution in [0.5, 0.6) is 5.75 Å². The van der Waals surface area contributed by atoms with Crippen molar-refractivity contribution in [1.82, 2.24) is 5.32 Å². The van der Waals surface area contributed by atoms with E-state index in [-0.39, 0.29) is 11.9 Å². The molecule has 0 heterocycles. The average Bonchev–Trinajstić information content (AvgIpc) is 2.61. The molecule has 27 heavy (non-hydrogen) atoms. The number of hydrogen-bond donors (Lipinski definition) is 1. The fourth-order valence-corrected chi connectivity index (χ4v) is 4.00. The Labute approximate surface area is 161 Å². The predicted molar refractivity (Wildman–Crippen MR) is 108 cm³/mol. The van der Waals surface area contributed by atoms with Crippen LogP contribution >= 0.6 is 0 Å². The van der Waals surface area contributed by atoms with Gasteiger partial charge < -0.3 is 10.1 Å². The van der Waals surface area contributed by atoms with Crippen LogP contribution in [0, 0.1) is 6.92 Å². The SMILES string of the molecule is COc1cccc(N([C@@H](C)C(=O)N[C@H](C)c2ccc(C)cc2)S(C)(=O)=O)c1. The number of sulfonamides is 1. The number of rotatable bonds is 7. The lowest BCUT2D eigenvalue weighted by atomic mass is 10.1. The van der Waals surface area contributed by atoms with Crippen LogP contribution in [0.3, 0.4) is 0 Å². The molecule has 0 bridgehead atoms. The van der Waals surface area contributed by atoms with Gasteiger partial charge in [0.1, 0.15) is 11.8 Å². The molecular weight excluding hydrogens is 364 g/mol. The summed E-state index contributed by atoms with van der Waals surface area (Å²) in [4.78, 5) is 12.8. The number of carbonyl (C=O) groups is 1. The lowest BCUT2D eigenvalue weighted by Gasteiger charge is -2.29. The first-order valence-electron chi connectivity index (χ1n) is 8.64. The van der Waals surface area contributed by atoms with Gasteiger partial charge in [0.2, 0.25) is 15.9 Å². The van der Waals surface area contributed by atoms with E-state index in [4.69, 9.17) is 4.74 Å². The highest BCUT2D eigenvalue weighted by Crippen LogP contribution is 2.25. The molecule has 2 aromatic carbocycles. The Morgan fingerprint density at radius 1 is 1.11 bits per heavy atom. The van der Waals surface area contributed by atoms with E-state index in [0.29, 0.717) is 11.4 Å².